The molecule has 1 saturated carbocycles. The number of carboxylic acid groups (broad SMARTS) is 1. The summed E-state index contributed by atoms with van der Waals surface area (Å²) in [4.78, 5) is 11.0. The van der Waals surface area contributed by atoms with Gasteiger partial charge in [0.15, 0.2) is 0 Å². The number of alkyl halides is 1. The smallest absolute Gasteiger partial charge is 0.359 e. The third-order valence-electron chi connectivity index (χ3n) is 4.23. The highest BCUT2D eigenvalue weighted by atomic mass is 19.1. The number of aromatic amines is 1. The summed E-state index contributed by atoms with van der Waals surface area (Å²) in [5, 5.41) is 18.3. The highest BCUT2D eigenvalue weighted by Gasteiger charge is 2.29. The molecule has 130 valence electrons. The summed E-state index contributed by atoms with van der Waals surface area (Å²) >= 11 is 0. The normalized spacial score (nSPS) is 22.7. The van der Waals surface area contributed by atoms with Crippen molar-refractivity contribution in [3.8, 4) is 23.5 Å². The summed E-state index contributed by atoms with van der Waals surface area (Å²) < 4.78 is 19.3. The van der Waals surface area contributed by atoms with Gasteiger partial charge in [0, 0.05) is 11.5 Å². The van der Waals surface area contributed by atoms with Crippen LogP contribution in [0.1, 0.15) is 48.7 Å². The maximum Gasteiger partial charge on any atom is 0.359 e. The minimum atomic E-state index is -1.20. The molecular weight excluding hydrogens is 325 g/mol. The van der Waals surface area contributed by atoms with Crippen LogP contribution in [0.2, 0.25) is 0 Å². The van der Waals surface area contributed by atoms with Crippen LogP contribution in [0.4, 0.5) is 4.39 Å². The lowest BCUT2D eigenvalue weighted by molar-refractivity contribution is 0.0687. The highest BCUT2D eigenvalue weighted by Crippen LogP contribution is 2.34. The lowest BCUT2D eigenvalue weighted by Gasteiger charge is -2.28. The summed E-state index contributed by atoms with van der Waals surface area (Å²) in [7, 11) is 0. The Hall–Kier alpha value is -2.88. The molecule has 3 rings (SSSR count). The summed E-state index contributed by atoms with van der Waals surface area (Å²) in [5.74, 6) is 5.59. The molecule has 0 atom stereocenters. The average Bonchev–Trinajstić information content (AvgIpc) is 3.03. The fourth-order valence-corrected chi connectivity index (χ4v) is 2.73. The van der Waals surface area contributed by atoms with E-state index in [-0.39, 0.29) is 17.5 Å². The number of benzene rings is 1. The van der Waals surface area contributed by atoms with Gasteiger partial charge < -0.3 is 9.84 Å². The zero-order valence-corrected chi connectivity index (χ0v) is 13.8. The number of nitrogens with one attached hydrogen (secondary N) is 1. The number of ether oxygens (including phenoxy) is 1. The van der Waals surface area contributed by atoms with E-state index in [2.05, 4.69) is 27.3 Å². The number of aromatic carboxylic acids is 1. The van der Waals surface area contributed by atoms with Crippen molar-refractivity contribution in [1.29, 1.82) is 0 Å². The van der Waals surface area contributed by atoms with Gasteiger partial charge >= 0.3 is 5.97 Å². The molecule has 2 N–H and O–H groups in total. The molecule has 0 amide bonds. The second-order valence-corrected chi connectivity index (χ2v) is 6.38. The number of halogens is 1. The molecule has 7 heteroatoms. The number of rotatable bonds is 3. The Morgan fingerprint density at radius 3 is 2.92 bits per heavy atom. The van der Waals surface area contributed by atoms with Crippen molar-refractivity contribution < 1.29 is 19.0 Å². The maximum absolute atomic E-state index is 13.8. The van der Waals surface area contributed by atoms with Crippen LogP contribution in [-0.4, -0.2) is 32.2 Å². The molecule has 25 heavy (non-hydrogen) atoms. The summed E-state index contributed by atoms with van der Waals surface area (Å²) in [6.45, 7) is 1.65. The van der Waals surface area contributed by atoms with Gasteiger partial charge in [-0.25, -0.2) is 14.3 Å². The van der Waals surface area contributed by atoms with Crippen molar-refractivity contribution in [2.24, 2.45) is 5.92 Å². The summed E-state index contributed by atoms with van der Waals surface area (Å²) in [5.41, 5.74) is -0.537. The number of H-pyrrole nitrogens is 1. The molecule has 0 aliphatic heterocycles. The fourth-order valence-electron chi connectivity index (χ4n) is 2.73. The molecule has 1 aliphatic carbocycles. The van der Waals surface area contributed by atoms with Crippen molar-refractivity contribution in [2.75, 3.05) is 0 Å². The third kappa shape index (κ3) is 4.35. The van der Waals surface area contributed by atoms with E-state index < -0.39 is 11.6 Å². The first-order valence-corrected chi connectivity index (χ1v) is 8.06. The second-order valence-electron chi connectivity index (χ2n) is 6.38. The Labute approximate surface area is 144 Å². The van der Waals surface area contributed by atoms with E-state index in [1.54, 1.807) is 25.1 Å². The molecule has 0 spiro atoms. The summed E-state index contributed by atoms with van der Waals surface area (Å²) in [6, 6.07) is 6.98. The van der Waals surface area contributed by atoms with E-state index in [4.69, 9.17) is 9.84 Å². The quantitative estimate of drug-likeness (QED) is 0.832. The first-order valence-electron chi connectivity index (χ1n) is 8.06. The molecule has 0 unspecified atom stereocenters. The zero-order chi connectivity index (χ0) is 17.9. The van der Waals surface area contributed by atoms with E-state index >= 15 is 0 Å². The van der Waals surface area contributed by atoms with Gasteiger partial charge in [-0.2, -0.15) is 0 Å². The predicted octanol–water partition coefficient (Wildman–Crippen LogP) is 3.57. The molecule has 1 aromatic carbocycles. The molecular formula is C18H18FN3O3. The maximum atomic E-state index is 13.8. The number of carboxylic acids is 1. The van der Waals surface area contributed by atoms with E-state index in [1.807, 2.05) is 6.07 Å². The van der Waals surface area contributed by atoms with Crippen molar-refractivity contribution >= 4 is 5.97 Å². The minimum absolute atomic E-state index is 0.105. The fraction of sp³-hybridized carbons (Fsp3) is 0.389. The number of aromatic nitrogens is 3. The van der Waals surface area contributed by atoms with E-state index in [0.717, 1.165) is 18.4 Å². The van der Waals surface area contributed by atoms with Gasteiger partial charge in [-0.1, -0.05) is 28.2 Å². The largest absolute Gasteiger partial charge is 0.476 e. The first kappa shape index (κ1) is 17.0. The molecule has 1 fully saturated rings. The van der Waals surface area contributed by atoms with Gasteiger partial charge in [-0.3, -0.25) is 0 Å². The van der Waals surface area contributed by atoms with Gasteiger partial charge in [0.25, 0.3) is 5.88 Å². The van der Waals surface area contributed by atoms with Crippen LogP contribution in [-0.2, 0) is 0 Å². The topological polar surface area (TPSA) is 88.1 Å². The third-order valence-corrected chi connectivity index (χ3v) is 4.23. The predicted molar refractivity (Wildman–Crippen MR) is 88.2 cm³/mol. The molecule has 1 aliphatic rings. The Morgan fingerprint density at radius 2 is 2.20 bits per heavy atom. The van der Waals surface area contributed by atoms with Gasteiger partial charge in [-0.15, -0.1) is 0 Å². The Balaban J connectivity index is 1.69. The number of hydrogen-bond acceptors (Lipinski definition) is 4. The number of nitrogens with zero attached hydrogens (tertiary/aromatic N) is 2. The van der Waals surface area contributed by atoms with Gasteiger partial charge in [0.05, 0.1) is 0 Å². The van der Waals surface area contributed by atoms with Crippen molar-refractivity contribution in [3.05, 3.63) is 35.5 Å². The van der Waals surface area contributed by atoms with E-state index in [0.29, 0.717) is 18.6 Å². The highest BCUT2D eigenvalue weighted by molar-refractivity contribution is 5.87. The van der Waals surface area contributed by atoms with Gasteiger partial charge in [0.1, 0.15) is 11.4 Å². The molecule has 0 bridgehead atoms. The Kier molecular flexibility index (Phi) is 4.70. The van der Waals surface area contributed by atoms with Crippen LogP contribution in [0.3, 0.4) is 0 Å². The van der Waals surface area contributed by atoms with Crippen molar-refractivity contribution in [1.82, 2.24) is 15.4 Å². The van der Waals surface area contributed by atoms with Crippen LogP contribution in [0.25, 0.3) is 0 Å². The first-order chi connectivity index (χ1) is 11.9. The van der Waals surface area contributed by atoms with Crippen molar-refractivity contribution in [3.63, 3.8) is 0 Å². The number of carbonyl (C=O) groups is 1. The monoisotopic (exact) mass is 343 g/mol. The van der Waals surface area contributed by atoms with Gasteiger partial charge in [-0.05, 0) is 50.8 Å². The molecule has 6 nitrogen and oxygen atoms in total. The van der Waals surface area contributed by atoms with Crippen molar-refractivity contribution in [2.45, 2.75) is 38.3 Å². The summed E-state index contributed by atoms with van der Waals surface area (Å²) in [6.07, 6.45) is 2.60. The Morgan fingerprint density at radius 1 is 1.44 bits per heavy atom. The average molecular weight is 343 g/mol. The lowest BCUT2D eigenvalue weighted by Crippen LogP contribution is -2.25. The molecule has 1 heterocycles. The van der Waals surface area contributed by atoms with Crippen LogP contribution in [0.15, 0.2) is 24.3 Å². The SMILES string of the molecule is CC1(F)CCC(C#Cc2cccc(Oc3nn[nH]c3C(=O)O)c2)CC1. The second kappa shape index (κ2) is 6.93. The minimum Gasteiger partial charge on any atom is -0.476 e. The molecule has 1 aromatic heterocycles. The number of hydrogen-bond donors (Lipinski definition) is 2. The zero-order valence-electron chi connectivity index (χ0n) is 13.8. The molecule has 2 aromatic rings. The van der Waals surface area contributed by atoms with Crippen LogP contribution >= 0.6 is 0 Å². The van der Waals surface area contributed by atoms with E-state index in [9.17, 15) is 9.18 Å². The van der Waals surface area contributed by atoms with Crippen LogP contribution in [0.5, 0.6) is 11.6 Å². The van der Waals surface area contributed by atoms with Crippen LogP contribution < -0.4 is 4.74 Å². The lowest BCUT2D eigenvalue weighted by atomic mass is 9.81. The van der Waals surface area contributed by atoms with E-state index in [1.165, 1.54) is 0 Å². The Bertz CT molecular complexity index is 825. The molecule has 0 radical (unpaired) electrons. The van der Waals surface area contributed by atoms with Gasteiger partial charge in [0.2, 0.25) is 5.69 Å². The van der Waals surface area contributed by atoms with Crippen LogP contribution in [0, 0.1) is 17.8 Å². The standard InChI is InChI=1S/C18H18FN3O3/c1-18(19)9-7-12(8-10-18)5-6-13-3-2-4-14(11-13)25-16-15(17(23)24)20-22-21-16/h2-4,11-12H,7-10H2,1H3,(H,23,24)(H,20,21,22). The molecule has 0 saturated heterocycles.